The highest BCUT2D eigenvalue weighted by Crippen LogP contribution is 2.40. The number of ether oxygens (including phenoxy) is 2. The van der Waals surface area contributed by atoms with E-state index in [2.05, 4.69) is 0 Å². The summed E-state index contributed by atoms with van der Waals surface area (Å²) in [7, 11) is 3.93. The highest BCUT2D eigenvalue weighted by molar-refractivity contribution is 6.46. The van der Waals surface area contributed by atoms with Crippen molar-refractivity contribution in [3.05, 3.63) is 65.2 Å². The summed E-state index contributed by atoms with van der Waals surface area (Å²) >= 11 is 0. The minimum absolute atomic E-state index is 0.0181. The number of rotatable bonds is 10. The number of likely N-dealkylation sites (tertiary alicyclic amines) is 1. The van der Waals surface area contributed by atoms with Crippen molar-refractivity contribution >= 4 is 17.4 Å². The number of carbonyl (C=O) groups is 2. The number of hydrogen-bond donors (Lipinski definition) is 1. The first kappa shape index (κ1) is 26.3. The summed E-state index contributed by atoms with van der Waals surface area (Å²) in [6, 6.07) is 13.6. The van der Waals surface area contributed by atoms with Crippen molar-refractivity contribution in [2.45, 2.75) is 52.4 Å². The number of aliphatic hydroxyl groups is 1. The maximum Gasteiger partial charge on any atom is 0.295 e. The summed E-state index contributed by atoms with van der Waals surface area (Å²) in [6.45, 7) is 8.94. The molecule has 3 rings (SSSR count). The molecule has 0 aromatic heterocycles. The van der Waals surface area contributed by atoms with Crippen LogP contribution in [0.4, 0.5) is 0 Å². The van der Waals surface area contributed by atoms with Crippen molar-refractivity contribution in [3.8, 4) is 11.5 Å². The first-order valence-electron chi connectivity index (χ1n) is 12.0. The number of benzene rings is 2. The molecule has 1 N–H and O–H groups in total. The zero-order valence-electron chi connectivity index (χ0n) is 21.4. The van der Waals surface area contributed by atoms with Crippen LogP contribution in [0.5, 0.6) is 11.5 Å². The van der Waals surface area contributed by atoms with Crippen LogP contribution in [0.3, 0.4) is 0 Å². The van der Waals surface area contributed by atoms with E-state index in [-0.39, 0.29) is 23.5 Å². The molecule has 2 aromatic rings. The van der Waals surface area contributed by atoms with Crippen molar-refractivity contribution < 1.29 is 24.2 Å². The van der Waals surface area contributed by atoms with Gasteiger partial charge in [-0.1, -0.05) is 12.1 Å². The molecular weight excluding hydrogens is 444 g/mol. The smallest absolute Gasteiger partial charge is 0.295 e. The van der Waals surface area contributed by atoms with E-state index in [1.807, 2.05) is 71.0 Å². The molecule has 1 fully saturated rings. The van der Waals surface area contributed by atoms with E-state index in [1.165, 1.54) is 0 Å². The molecule has 1 aliphatic heterocycles. The standard InChI is InChI=1S/C28H36N2O5/c1-18(2)34-22-12-8-20(9-13-22)25-24(27(32)28(33)30(25)17-7-16-29(5)6)26(31)21-10-14-23(15-11-21)35-19(3)4/h8-15,18-19,25,31H,7,16-17H2,1-6H3/t25-/m1/s1. The number of ketones is 1. The maximum absolute atomic E-state index is 13.2. The lowest BCUT2D eigenvalue weighted by atomic mass is 9.95. The van der Waals surface area contributed by atoms with Gasteiger partial charge in [0.2, 0.25) is 0 Å². The highest BCUT2D eigenvalue weighted by Gasteiger charge is 2.45. The summed E-state index contributed by atoms with van der Waals surface area (Å²) < 4.78 is 11.4. The maximum atomic E-state index is 13.2. The molecule has 1 heterocycles. The Morgan fingerprint density at radius 1 is 0.914 bits per heavy atom. The first-order valence-corrected chi connectivity index (χ1v) is 12.0. The molecular formula is C28H36N2O5. The van der Waals surface area contributed by atoms with Crippen LogP contribution >= 0.6 is 0 Å². The van der Waals surface area contributed by atoms with Gasteiger partial charge in [0.05, 0.1) is 23.8 Å². The average molecular weight is 481 g/mol. The molecule has 0 unspecified atom stereocenters. The predicted octanol–water partition coefficient (Wildman–Crippen LogP) is 4.63. The van der Waals surface area contributed by atoms with Crippen molar-refractivity contribution in [2.24, 2.45) is 0 Å². The zero-order chi connectivity index (χ0) is 25.7. The van der Waals surface area contributed by atoms with Crippen LogP contribution in [-0.2, 0) is 9.59 Å². The summed E-state index contributed by atoms with van der Waals surface area (Å²) in [6.07, 6.45) is 0.747. The molecule has 1 saturated heterocycles. The highest BCUT2D eigenvalue weighted by atomic mass is 16.5. The summed E-state index contributed by atoms with van der Waals surface area (Å²) in [5.41, 5.74) is 1.29. The fraction of sp³-hybridized carbons (Fsp3) is 0.429. The van der Waals surface area contributed by atoms with Crippen LogP contribution in [0.1, 0.15) is 51.3 Å². The Labute approximate surface area is 207 Å². The van der Waals surface area contributed by atoms with Gasteiger partial charge < -0.3 is 24.4 Å². The van der Waals surface area contributed by atoms with Crippen LogP contribution in [0, 0.1) is 0 Å². The van der Waals surface area contributed by atoms with Gasteiger partial charge in [-0.25, -0.2) is 0 Å². The SMILES string of the molecule is CC(C)Oc1ccc(C(O)=C2C(=O)C(=O)N(CCCN(C)C)[C@@H]2c2ccc(OC(C)C)cc2)cc1. The number of nitrogens with zero attached hydrogens (tertiary/aromatic N) is 2. The Bertz CT molecular complexity index is 1060. The largest absolute Gasteiger partial charge is 0.507 e. The lowest BCUT2D eigenvalue weighted by Gasteiger charge is -2.26. The third-order valence-electron chi connectivity index (χ3n) is 5.61. The lowest BCUT2D eigenvalue weighted by molar-refractivity contribution is -0.139. The Morgan fingerprint density at radius 3 is 1.91 bits per heavy atom. The molecule has 7 heteroatoms. The second kappa shape index (κ2) is 11.4. The molecule has 0 spiro atoms. The quantitative estimate of drug-likeness (QED) is 0.303. The number of amides is 1. The van der Waals surface area contributed by atoms with E-state index < -0.39 is 17.7 Å². The van der Waals surface area contributed by atoms with Gasteiger partial charge in [0, 0.05) is 12.1 Å². The topological polar surface area (TPSA) is 79.3 Å². The second-order valence-corrected chi connectivity index (χ2v) is 9.58. The molecule has 0 bridgehead atoms. The monoisotopic (exact) mass is 480 g/mol. The molecule has 7 nitrogen and oxygen atoms in total. The van der Waals surface area contributed by atoms with Crippen LogP contribution in [0.15, 0.2) is 54.1 Å². The zero-order valence-corrected chi connectivity index (χ0v) is 21.4. The summed E-state index contributed by atoms with van der Waals surface area (Å²) in [5, 5.41) is 11.2. The number of aliphatic hydroxyl groups excluding tert-OH is 1. The third-order valence-corrected chi connectivity index (χ3v) is 5.61. The molecule has 188 valence electrons. The molecule has 1 amide bonds. The van der Waals surface area contributed by atoms with Crippen LogP contribution in [-0.4, -0.2) is 66.0 Å². The van der Waals surface area contributed by atoms with Gasteiger partial charge in [0.15, 0.2) is 0 Å². The second-order valence-electron chi connectivity index (χ2n) is 9.58. The van der Waals surface area contributed by atoms with Gasteiger partial charge in [-0.2, -0.15) is 0 Å². The Hall–Kier alpha value is -3.32. The van der Waals surface area contributed by atoms with Crippen LogP contribution in [0.2, 0.25) is 0 Å². The van der Waals surface area contributed by atoms with Crippen molar-refractivity contribution in [3.63, 3.8) is 0 Å². The normalized spacial score (nSPS) is 17.6. The molecule has 0 aliphatic carbocycles. The first-order chi connectivity index (χ1) is 16.6. The van der Waals surface area contributed by atoms with E-state index >= 15 is 0 Å². The summed E-state index contributed by atoms with van der Waals surface area (Å²) in [5.74, 6) is -0.103. The number of hydrogen-bond acceptors (Lipinski definition) is 6. The third kappa shape index (κ3) is 6.42. The van der Waals surface area contributed by atoms with Crippen LogP contribution < -0.4 is 9.47 Å². The Kier molecular flexibility index (Phi) is 8.57. The van der Waals surface area contributed by atoms with E-state index in [1.54, 1.807) is 29.2 Å². The Morgan fingerprint density at radius 2 is 1.43 bits per heavy atom. The van der Waals surface area contributed by atoms with E-state index in [9.17, 15) is 14.7 Å². The van der Waals surface area contributed by atoms with Crippen LogP contribution in [0.25, 0.3) is 5.76 Å². The van der Waals surface area contributed by atoms with Gasteiger partial charge in [-0.3, -0.25) is 9.59 Å². The average Bonchev–Trinajstić information content (AvgIpc) is 3.04. The summed E-state index contributed by atoms with van der Waals surface area (Å²) in [4.78, 5) is 29.8. The molecule has 1 atom stereocenters. The Balaban J connectivity index is 2.02. The molecule has 2 aromatic carbocycles. The van der Waals surface area contributed by atoms with Gasteiger partial charge in [0.25, 0.3) is 11.7 Å². The predicted molar refractivity (Wildman–Crippen MR) is 137 cm³/mol. The lowest BCUT2D eigenvalue weighted by Crippen LogP contribution is -2.32. The minimum atomic E-state index is -0.683. The molecule has 1 aliphatic rings. The molecule has 0 radical (unpaired) electrons. The number of carbonyl (C=O) groups excluding carboxylic acids is 2. The van der Waals surface area contributed by atoms with E-state index in [4.69, 9.17) is 9.47 Å². The molecule has 0 saturated carbocycles. The van der Waals surface area contributed by atoms with Crippen molar-refractivity contribution in [1.82, 2.24) is 9.80 Å². The minimum Gasteiger partial charge on any atom is -0.507 e. The van der Waals surface area contributed by atoms with Crippen molar-refractivity contribution in [2.75, 3.05) is 27.2 Å². The fourth-order valence-electron chi connectivity index (χ4n) is 4.13. The fourth-order valence-corrected chi connectivity index (χ4v) is 4.13. The van der Waals surface area contributed by atoms with E-state index in [0.29, 0.717) is 30.0 Å². The number of Topliss-reactive ketones (excluding diaryl/α,β-unsaturated/α-hetero) is 1. The van der Waals surface area contributed by atoms with Gasteiger partial charge in [0.1, 0.15) is 17.3 Å². The molecule has 35 heavy (non-hydrogen) atoms. The van der Waals surface area contributed by atoms with Gasteiger partial charge in [-0.05, 0) is 96.7 Å². The van der Waals surface area contributed by atoms with Crippen molar-refractivity contribution in [1.29, 1.82) is 0 Å². The van der Waals surface area contributed by atoms with E-state index in [0.717, 1.165) is 12.1 Å². The van der Waals surface area contributed by atoms with Gasteiger partial charge in [-0.15, -0.1) is 0 Å². The van der Waals surface area contributed by atoms with Gasteiger partial charge >= 0.3 is 0 Å².